The highest BCUT2D eigenvalue weighted by Crippen LogP contribution is 2.24. The van der Waals surface area contributed by atoms with Crippen molar-refractivity contribution in [2.45, 2.75) is 20.3 Å². The molecule has 5 nitrogen and oxygen atoms in total. The van der Waals surface area contributed by atoms with E-state index in [1.54, 1.807) is 0 Å². The Balaban J connectivity index is 1.88. The lowest BCUT2D eigenvalue weighted by molar-refractivity contribution is 0.995. The van der Waals surface area contributed by atoms with Crippen molar-refractivity contribution in [2.24, 2.45) is 0 Å². The van der Waals surface area contributed by atoms with Crippen molar-refractivity contribution >= 4 is 28.2 Å². The van der Waals surface area contributed by atoms with Crippen molar-refractivity contribution in [3.8, 4) is 0 Å². The fourth-order valence-electron chi connectivity index (χ4n) is 2.75. The van der Waals surface area contributed by atoms with E-state index in [9.17, 15) is 0 Å². The van der Waals surface area contributed by atoms with E-state index in [1.165, 1.54) is 5.56 Å². The molecule has 0 aliphatic carbocycles. The number of rotatable bonds is 3. The van der Waals surface area contributed by atoms with Gasteiger partial charge in [-0.3, -0.25) is 0 Å². The number of benzene rings is 2. The number of fused-ring (bicyclic) bond motifs is 3. The molecule has 0 atom stereocenters. The molecule has 0 amide bonds. The van der Waals surface area contributed by atoms with E-state index in [0.717, 1.165) is 40.4 Å². The summed E-state index contributed by atoms with van der Waals surface area (Å²) in [5.41, 5.74) is 4.04. The third-order valence-corrected chi connectivity index (χ3v) is 4.03. The molecule has 0 aliphatic heterocycles. The molecule has 0 saturated carbocycles. The average Bonchev–Trinajstić information content (AvgIpc) is 2.98. The van der Waals surface area contributed by atoms with Crippen LogP contribution in [0.4, 0.5) is 11.6 Å². The minimum absolute atomic E-state index is 0.727. The highest BCUT2D eigenvalue weighted by Gasteiger charge is 2.12. The SMILES string of the molecule is CCc1ccc(Nc2nc3ccccc3c3nnc(C)n23)cc1. The Bertz CT molecular complexity index is 986. The van der Waals surface area contributed by atoms with Crippen molar-refractivity contribution in [1.82, 2.24) is 19.6 Å². The molecule has 0 spiro atoms. The summed E-state index contributed by atoms with van der Waals surface area (Å²) in [4.78, 5) is 4.75. The summed E-state index contributed by atoms with van der Waals surface area (Å²) in [5, 5.41) is 12.9. The molecule has 1 N–H and O–H groups in total. The van der Waals surface area contributed by atoms with Crippen LogP contribution in [0.3, 0.4) is 0 Å². The third-order valence-electron chi connectivity index (χ3n) is 4.03. The molecule has 4 rings (SSSR count). The molecule has 2 aromatic heterocycles. The zero-order valence-corrected chi connectivity index (χ0v) is 13.1. The number of hydrogen-bond acceptors (Lipinski definition) is 4. The predicted molar refractivity (Wildman–Crippen MR) is 92.1 cm³/mol. The molecule has 0 unspecified atom stereocenters. The van der Waals surface area contributed by atoms with Gasteiger partial charge in [0.25, 0.3) is 0 Å². The molecule has 114 valence electrons. The summed E-state index contributed by atoms with van der Waals surface area (Å²) in [5.74, 6) is 1.54. The monoisotopic (exact) mass is 303 g/mol. The fourth-order valence-corrected chi connectivity index (χ4v) is 2.75. The van der Waals surface area contributed by atoms with Gasteiger partial charge in [-0.05, 0) is 43.2 Å². The first-order valence-corrected chi connectivity index (χ1v) is 7.72. The summed E-state index contributed by atoms with van der Waals surface area (Å²) in [6.45, 7) is 4.08. The van der Waals surface area contributed by atoms with Crippen LogP contribution in [-0.4, -0.2) is 19.6 Å². The summed E-state index contributed by atoms with van der Waals surface area (Å²) in [7, 11) is 0. The van der Waals surface area contributed by atoms with E-state index in [1.807, 2.05) is 35.6 Å². The number of aromatic nitrogens is 4. The van der Waals surface area contributed by atoms with Gasteiger partial charge in [0.2, 0.25) is 5.95 Å². The number of hydrogen-bond donors (Lipinski definition) is 1. The van der Waals surface area contributed by atoms with Gasteiger partial charge in [-0.2, -0.15) is 0 Å². The van der Waals surface area contributed by atoms with Crippen molar-refractivity contribution < 1.29 is 0 Å². The molecule has 23 heavy (non-hydrogen) atoms. The van der Waals surface area contributed by atoms with E-state index in [4.69, 9.17) is 4.98 Å². The molecule has 2 heterocycles. The van der Waals surface area contributed by atoms with Gasteiger partial charge < -0.3 is 5.32 Å². The largest absolute Gasteiger partial charge is 0.325 e. The summed E-state index contributed by atoms with van der Waals surface area (Å²) in [6, 6.07) is 16.4. The summed E-state index contributed by atoms with van der Waals surface area (Å²) < 4.78 is 1.95. The predicted octanol–water partition coefficient (Wildman–Crippen LogP) is 3.89. The fraction of sp³-hybridized carbons (Fsp3) is 0.167. The minimum atomic E-state index is 0.727. The van der Waals surface area contributed by atoms with Gasteiger partial charge in [-0.25, -0.2) is 9.38 Å². The Hall–Kier alpha value is -2.95. The van der Waals surface area contributed by atoms with Crippen molar-refractivity contribution in [2.75, 3.05) is 5.32 Å². The van der Waals surface area contributed by atoms with E-state index < -0.39 is 0 Å². The van der Waals surface area contributed by atoms with E-state index in [0.29, 0.717) is 0 Å². The van der Waals surface area contributed by atoms with E-state index >= 15 is 0 Å². The zero-order valence-electron chi connectivity index (χ0n) is 13.1. The normalized spacial score (nSPS) is 11.2. The summed E-state index contributed by atoms with van der Waals surface area (Å²) in [6.07, 6.45) is 1.03. The molecule has 0 saturated heterocycles. The first kappa shape index (κ1) is 13.7. The van der Waals surface area contributed by atoms with Crippen LogP contribution in [0.15, 0.2) is 48.5 Å². The van der Waals surface area contributed by atoms with Crippen LogP contribution in [0.25, 0.3) is 16.6 Å². The first-order chi connectivity index (χ1) is 11.3. The van der Waals surface area contributed by atoms with Crippen molar-refractivity contribution in [3.63, 3.8) is 0 Å². The van der Waals surface area contributed by atoms with Crippen LogP contribution < -0.4 is 5.32 Å². The molecule has 5 heteroatoms. The van der Waals surface area contributed by atoms with Crippen LogP contribution in [0, 0.1) is 6.92 Å². The van der Waals surface area contributed by atoms with Crippen LogP contribution in [0.2, 0.25) is 0 Å². The number of para-hydroxylation sites is 1. The van der Waals surface area contributed by atoms with E-state index in [-0.39, 0.29) is 0 Å². The maximum atomic E-state index is 4.75. The van der Waals surface area contributed by atoms with Gasteiger partial charge in [0.1, 0.15) is 5.82 Å². The second-order valence-electron chi connectivity index (χ2n) is 5.53. The van der Waals surface area contributed by atoms with Gasteiger partial charge in [0.15, 0.2) is 5.65 Å². The molecular weight excluding hydrogens is 286 g/mol. The third kappa shape index (κ3) is 2.30. The molecule has 4 aromatic rings. The maximum absolute atomic E-state index is 4.75. The topological polar surface area (TPSA) is 55.1 Å². The molecule has 0 fully saturated rings. The van der Waals surface area contributed by atoms with Crippen LogP contribution in [0.1, 0.15) is 18.3 Å². The number of aryl methyl sites for hydroxylation is 2. The van der Waals surface area contributed by atoms with Crippen LogP contribution in [0.5, 0.6) is 0 Å². The van der Waals surface area contributed by atoms with Gasteiger partial charge in [-0.15, -0.1) is 10.2 Å². The minimum Gasteiger partial charge on any atom is -0.325 e. The molecular formula is C18H17N5. The quantitative estimate of drug-likeness (QED) is 0.624. The number of nitrogens with one attached hydrogen (secondary N) is 1. The van der Waals surface area contributed by atoms with Gasteiger partial charge in [-0.1, -0.05) is 31.2 Å². The number of nitrogens with zero attached hydrogens (tertiary/aromatic N) is 4. The lowest BCUT2D eigenvalue weighted by Crippen LogP contribution is -2.04. The highest BCUT2D eigenvalue weighted by atomic mass is 15.3. The smallest absolute Gasteiger partial charge is 0.215 e. The molecule has 0 radical (unpaired) electrons. The highest BCUT2D eigenvalue weighted by molar-refractivity contribution is 5.92. The first-order valence-electron chi connectivity index (χ1n) is 7.72. The Labute approximate surface area is 134 Å². The lowest BCUT2D eigenvalue weighted by atomic mass is 10.1. The second-order valence-corrected chi connectivity index (χ2v) is 5.53. The van der Waals surface area contributed by atoms with E-state index in [2.05, 4.69) is 46.7 Å². The molecule has 2 aromatic carbocycles. The maximum Gasteiger partial charge on any atom is 0.215 e. The Morgan fingerprint density at radius 3 is 2.57 bits per heavy atom. The van der Waals surface area contributed by atoms with Crippen molar-refractivity contribution in [3.05, 3.63) is 59.9 Å². The van der Waals surface area contributed by atoms with Gasteiger partial charge >= 0.3 is 0 Å². The lowest BCUT2D eigenvalue weighted by Gasteiger charge is -2.11. The Morgan fingerprint density at radius 1 is 1.00 bits per heavy atom. The standard InChI is InChI=1S/C18H17N5/c1-3-13-8-10-14(11-9-13)19-18-20-16-7-5-4-6-15(16)17-22-21-12(2)23(17)18/h4-11H,3H2,1-2H3,(H,19,20). The average molecular weight is 303 g/mol. The van der Waals surface area contributed by atoms with Crippen molar-refractivity contribution in [1.29, 1.82) is 0 Å². The Kier molecular flexibility index (Phi) is 3.19. The van der Waals surface area contributed by atoms with Crippen LogP contribution >= 0.6 is 0 Å². The molecule has 0 bridgehead atoms. The van der Waals surface area contributed by atoms with Gasteiger partial charge in [0.05, 0.1) is 5.52 Å². The molecule has 0 aliphatic rings. The Morgan fingerprint density at radius 2 is 1.78 bits per heavy atom. The summed E-state index contributed by atoms with van der Waals surface area (Å²) >= 11 is 0. The van der Waals surface area contributed by atoms with Crippen LogP contribution in [-0.2, 0) is 6.42 Å². The number of anilines is 2. The van der Waals surface area contributed by atoms with Gasteiger partial charge in [0, 0.05) is 11.1 Å². The second kappa shape index (κ2) is 5.35. The zero-order chi connectivity index (χ0) is 15.8.